The molecule has 100 valence electrons. The molecule has 5 atom stereocenters. The van der Waals surface area contributed by atoms with E-state index < -0.39 is 0 Å². The molecule has 0 N–H and O–H groups in total. The van der Waals surface area contributed by atoms with E-state index in [1.807, 2.05) is 20.8 Å². The van der Waals surface area contributed by atoms with Gasteiger partial charge in [-0.25, -0.2) is 0 Å². The zero-order chi connectivity index (χ0) is 13.5. The van der Waals surface area contributed by atoms with Crippen molar-refractivity contribution in [1.82, 2.24) is 0 Å². The minimum atomic E-state index is -0.231. The number of Topliss-reactive ketones (excluding diaryl/α,β-unsaturated/α-hetero) is 1. The maximum atomic E-state index is 11.6. The van der Waals surface area contributed by atoms with Crippen molar-refractivity contribution >= 4 is 12.1 Å². The quantitative estimate of drug-likeness (QED) is 0.570. The number of carbonyl (C=O) groups excluding carboxylic acids is 2. The van der Waals surface area contributed by atoms with Gasteiger partial charge in [0, 0.05) is 17.8 Å². The van der Waals surface area contributed by atoms with Crippen LogP contribution in [-0.4, -0.2) is 23.8 Å². The van der Waals surface area contributed by atoms with Crippen LogP contribution in [0.5, 0.6) is 0 Å². The van der Waals surface area contributed by atoms with Crippen LogP contribution in [0.25, 0.3) is 0 Å². The first-order valence-electron chi connectivity index (χ1n) is 6.65. The molecule has 3 nitrogen and oxygen atoms in total. The number of hydrogen-bond acceptors (Lipinski definition) is 3. The van der Waals surface area contributed by atoms with E-state index in [1.54, 1.807) is 6.92 Å². The van der Waals surface area contributed by atoms with E-state index in [0.29, 0.717) is 5.92 Å². The Morgan fingerprint density at radius 2 is 2.00 bits per heavy atom. The van der Waals surface area contributed by atoms with Gasteiger partial charge in [-0.1, -0.05) is 12.2 Å². The van der Waals surface area contributed by atoms with Gasteiger partial charge < -0.3 is 9.53 Å². The van der Waals surface area contributed by atoms with Crippen molar-refractivity contribution in [1.29, 1.82) is 0 Å². The molecule has 2 aliphatic carbocycles. The molecule has 1 saturated carbocycles. The molecular weight excluding hydrogens is 228 g/mol. The van der Waals surface area contributed by atoms with Crippen LogP contribution in [0.4, 0.5) is 0 Å². The van der Waals surface area contributed by atoms with Crippen LogP contribution < -0.4 is 0 Å². The maximum Gasteiger partial charge on any atom is 0.133 e. The van der Waals surface area contributed by atoms with Crippen LogP contribution in [0.2, 0.25) is 0 Å². The lowest BCUT2D eigenvalue weighted by Crippen LogP contribution is -2.35. The van der Waals surface area contributed by atoms with Gasteiger partial charge in [-0.15, -0.1) is 0 Å². The number of carbonyl (C=O) groups is 2. The molecule has 2 rings (SSSR count). The van der Waals surface area contributed by atoms with Crippen molar-refractivity contribution in [2.24, 2.45) is 23.7 Å². The summed E-state index contributed by atoms with van der Waals surface area (Å²) in [6.07, 6.45) is 5.91. The third-order valence-corrected chi connectivity index (χ3v) is 4.03. The molecule has 0 heterocycles. The Labute approximate surface area is 109 Å². The van der Waals surface area contributed by atoms with E-state index >= 15 is 0 Å². The van der Waals surface area contributed by atoms with Crippen LogP contribution >= 0.6 is 0 Å². The summed E-state index contributed by atoms with van der Waals surface area (Å²) < 4.78 is 6.02. The number of hydrogen-bond donors (Lipinski definition) is 0. The minimum absolute atomic E-state index is 0.0328. The van der Waals surface area contributed by atoms with Crippen LogP contribution in [0, 0.1) is 23.7 Å². The molecule has 0 aromatic rings. The summed E-state index contributed by atoms with van der Waals surface area (Å²) >= 11 is 0. The van der Waals surface area contributed by atoms with E-state index in [-0.39, 0.29) is 35.2 Å². The van der Waals surface area contributed by atoms with Crippen LogP contribution in [0.15, 0.2) is 12.2 Å². The first-order valence-corrected chi connectivity index (χ1v) is 6.65. The Hall–Kier alpha value is -0.960. The van der Waals surface area contributed by atoms with E-state index in [2.05, 4.69) is 12.2 Å². The maximum absolute atomic E-state index is 11.6. The average Bonchev–Trinajstić information content (AvgIpc) is 2.76. The molecule has 0 aromatic carbocycles. The Bertz CT molecular complexity index is 378. The number of ketones is 1. The zero-order valence-corrected chi connectivity index (χ0v) is 11.6. The van der Waals surface area contributed by atoms with Crippen molar-refractivity contribution in [3.8, 4) is 0 Å². The number of fused-ring (bicyclic) bond motifs is 1. The molecule has 2 aliphatic rings. The fraction of sp³-hybridized carbons (Fsp3) is 0.733. The molecule has 0 spiro atoms. The van der Waals surface area contributed by atoms with Crippen molar-refractivity contribution in [3.05, 3.63) is 12.2 Å². The lowest BCUT2D eigenvalue weighted by molar-refractivity contribution is -0.127. The van der Waals surface area contributed by atoms with Gasteiger partial charge in [0.2, 0.25) is 0 Å². The first-order chi connectivity index (χ1) is 8.33. The highest BCUT2D eigenvalue weighted by Gasteiger charge is 2.50. The second-order valence-electron chi connectivity index (χ2n) is 6.49. The summed E-state index contributed by atoms with van der Waals surface area (Å²) in [5, 5.41) is 0. The van der Waals surface area contributed by atoms with Crippen LogP contribution in [0.3, 0.4) is 0 Å². The second kappa shape index (κ2) is 4.61. The number of allylic oxidation sites excluding steroid dienone is 1. The van der Waals surface area contributed by atoms with E-state index in [4.69, 9.17) is 4.74 Å². The standard InChI is InChI=1S/C15H22O3/c1-9(17)11-7-10-5-6-13(18-15(2,3)4)14(10)12(11)8-16/h5-6,8,10-14H,7H2,1-4H3/t10-,11+,12+,13+,14-/m0/s1. The summed E-state index contributed by atoms with van der Waals surface area (Å²) in [6, 6.07) is 0. The van der Waals surface area contributed by atoms with E-state index in [0.717, 1.165) is 12.7 Å². The SMILES string of the molecule is CC(=O)[C@H]1C[C@@H]2C=C[C@@H](OC(C)(C)C)[C@@H]2[C@@H]1C=O. The van der Waals surface area contributed by atoms with Crippen LogP contribution in [0.1, 0.15) is 34.1 Å². The predicted octanol–water partition coefficient (Wildman–Crippen LogP) is 2.40. The fourth-order valence-electron chi connectivity index (χ4n) is 3.36. The summed E-state index contributed by atoms with van der Waals surface area (Å²) in [5.74, 6) is 0.296. The predicted molar refractivity (Wildman–Crippen MR) is 69.1 cm³/mol. The number of ether oxygens (including phenoxy) is 1. The van der Waals surface area contributed by atoms with Crippen molar-refractivity contribution < 1.29 is 14.3 Å². The molecule has 0 amide bonds. The number of aldehydes is 1. The van der Waals surface area contributed by atoms with Gasteiger partial charge in [0.1, 0.15) is 12.1 Å². The van der Waals surface area contributed by atoms with Crippen LogP contribution in [-0.2, 0) is 14.3 Å². The average molecular weight is 250 g/mol. The Balaban J connectivity index is 2.18. The van der Waals surface area contributed by atoms with Gasteiger partial charge in [-0.05, 0) is 40.0 Å². The first kappa shape index (κ1) is 13.5. The molecule has 0 saturated heterocycles. The third kappa shape index (κ3) is 2.41. The lowest BCUT2D eigenvalue weighted by atomic mass is 9.85. The summed E-state index contributed by atoms with van der Waals surface area (Å²) in [7, 11) is 0. The molecule has 0 bridgehead atoms. The molecular formula is C15H22O3. The highest BCUT2D eigenvalue weighted by atomic mass is 16.5. The Morgan fingerprint density at radius 1 is 1.33 bits per heavy atom. The van der Waals surface area contributed by atoms with E-state index in [9.17, 15) is 9.59 Å². The molecule has 0 aliphatic heterocycles. The molecule has 0 unspecified atom stereocenters. The Morgan fingerprint density at radius 3 is 2.50 bits per heavy atom. The van der Waals surface area contributed by atoms with Crippen molar-refractivity contribution in [3.63, 3.8) is 0 Å². The minimum Gasteiger partial charge on any atom is -0.368 e. The molecule has 0 radical (unpaired) electrons. The zero-order valence-electron chi connectivity index (χ0n) is 11.6. The lowest BCUT2D eigenvalue weighted by Gasteiger charge is -2.30. The Kier molecular flexibility index (Phi) is 3.45. The van der Waals surface area contributed by atoms with Gasteiger partial charge in [0.05, 0.1) is 11.7 Å². The van der Waals surface area contributed by atoms with Crippen molar-refractivity contribution in [2.45, 2.75) is 45.8 Å². The topological polar surface area (TPSA) is 43.4 Å². The van der Waals surface area contributed by atoms with Gasteiger partial charge in [0.15, 0.2) is 0 Å². The highest BCUT2D eigenvalue weighted by Crippen LogP contribution is 2.48. The summed E-state index contributed by atoms with van der Waals surface area (Å²) in [4.78, 5) is 23.0. The number of rotatable bonds is 3. The fourth-order valence-corrected chi connectivity index (χ4v) is 3.36. The van der Waals surface area contributed by atoms with Gasteiger partial charge in [-0.2, -0.15) is 0 Å². The van der Waals surface area contributed by atoms with Crippen molar-refractivity contribution in [2.75, 3.05) is 0 Å². The summed E-state index contributed by atoms with van der Waals surface area (Å²) in [5.41, 5.74) is -0.231. The monoisotopic (exact) mass is 250 g/mol. The largest absolute Gasteiger partial charge is 0.368 e. The normalized spacial score (nSPS) is 38.8. The van der Waals surface area contributed by atoms with Gasteiger partial charge in [-0.3, -0.25) is 4.79 Å². The highest BCUT2D eigenvalue weighted by molar-refractivity contribution is 5.82. The smallest absolute Gasteiger partial charge is 0.133 e. The van der Waals surface area contributed by atoms with Gasteiger partial charge in [0.25, 0.3) is 0 Å². The van der Waals surface area contributed by atoms with E-state index in [1.165, 1.54) is 0 Å². The van der Waals surface area contributed by atoms with Gasteiger partial charge >= 0.3 is 0 Å². The third-order valence-electron chi connectivity index (χ3n) is 4.03. The molecule has 3 heteroatoms. The summed E-state index contributed by atoms with van der Waals surface area (Å²) in [6.45, 7) is 7.63. The second-order valence-corrected chi connectivity index (χ2v) is 6.49. The molecule has 18 heavy (non-hydrogen) atoms. The molecule has 1 fully saturated rings. The molecule has 0 aromatic heterocycles.